The van der Waals surface area contributed by atoms with E-state index >= 15 is 0 Å². The number of methoxy groups -OCH3 is 1. The van der Waals surface area contributed by atoms with E-state index in [1.807, 2.05) is 0 Å². The second-order valence-electron chi connectivity index (χ2n) is 4.19. The van der Waals surface area contributed by atoms with Crippen molar-refractivity contribution in [2.75, 3.05) is 18.6 Å². The minimum atomic E-state index is -0.594. The summed E-state index contributed by atoms with van der Waals surface area (Å²) < 4.78 is 10.8. The first-order valence-corrected chi connectivity index (χ1v) is 5.88. The zero-order valence-electron chi connectivity index (χ0n) is 10.9. The maximum atomic E-state index is 12.1. The Morgan fingerprint density at radius 3 is 2.84 bits per heavy atom. The SMILES string of the molecule is C=CCN1C(=O)C(C)Oc2c(OC)cc(C=O)cc21. The van der Waals surface area contributed by atoms with Crippen molar-refractivity contribution < 1.29 is 19.1 Å². The van der Waals surface area contributed by atoms with Crippen LogP contribution in [-0.4, -0.2) is 32.0 Å². The van der Waals surface area contributed by atoms with Crippen LogP contribution in [0.3, 0.4) is 0 Å². The quantitative estimate of drug-likeness (QED) is 0.612. The Bertz CT molecular complexity index is 538. The maximum Gasteiger partial charge on any atom is 0.268 e. The lowest BCUT2D eigenvalue weighted by molar-refractivity contribution is -0.125. The first-order valence-electron chi connectivity index (χ1n) is 5.88. The molecule has 5 heteroatoms. The number of hydrogen-bond acceptors (Lipinski definition) is 4. The molecule has 0 N–H and O–H groups in total. The number of amides is 1. The van der Waals surface area contributed by atoms with Crippen molar-refractivity contribution in [3.8, 4) is 11.5 Å². The topological polar surface area (TPSA) is 55.8 Å². The summed E-state index contributed by atoms with van der Waals surface area (Å²) in [5.74, 6) is 0.743. The molecule has 1 aromatic rings. The molecule has 0 fully saturated rings. The lowest BCUT2D eigenvalue weighted by Gasteiger charge is -2.33. The van der Waals surface area contributed by atoms with Gasteiger partial charge in [0, 0.05) is 12.1 Å². The van der Waals surface area contributed by atoms with Gasteiger partial charge >= 0.3 is 0 Å². The summed E-state index contributed by atoms with van der Waals surface area (Å²) in [7, 11) is 1.49. The molecule has 19 heavy (non-hydrogen) atoms. The molecule has 0 radical (unpaired) electrons. The van der Waals surface area contributed by atoms with Crippen LogP contribution in [0.15, 0.2) is 24.8 Å². The summed E-state index contributed by atoms with van der Waals surface area (Å²) in [5.41, 5.74) is 0.958. The summed E-state index contributed by atoms with van der Waals surface area (Å²) in [6.07, 6.45) is 1.74. The maximum absolute atomic E-state index is 12.1. The summed E-state index contributed by atoms with van der Waals surface area (Å²) in [5, 5.41) is 0. The van der Waals surface area contributed by atoms with Crippen molar-refractivity contribution in [3.63, 3.8) is 0 Å². The molecule has 1 aliphatic rings. The highest BCUT2D eigenvalue weighted by atomic mass is 16.5. The monoisotopic (exact) mass is 261 g/mol. The van der Waals surface area contributed by atoms with E-state index in [4.69, 9.17) is 9.47 Å². The zero-order valence-corrected chi connectivity index (χ0v) is 10.9. The van der Waals surface area contributed by atoms with Crippen LogP contribution in [0.1, 0.15) is 17.3 Å². The Morgan fingerprint density at radius 2 is 2.26 bits per heavy atom. The highest BCUT2D eigenvalue weighted by Crippen LogP contribution is 2.42. The van der Waals surface area contributed by atoms with Gasteiger partial charge in [-0.25, -0.2) is 0 Å². The Morgan fingerprint density at radius 1 is 1.53 bits per heavy atom. The van der Waals surface area contributed by atoms with E-state index < -0.39 is 6.10 Å². The van der Waals surface area contributed by atoms with Crippen molar-refractivity contribution in [1.29, 1.82) is 0 Å². The van der Waals surface area contributed by atoms with Crippen LogP contribution in [0.2, 0.25) is 0 Å². The smallest absolute Gasteiger partial charge is 0.268 e. The molecular formula is C14H15NO4. The number of rotatable bonds is 4. The van der Waals surface area contributed by atoms with Gasteiger partial charge in [-0.05, 0) is 19.1 Å². The van der Waals surface area contributed by atoms with Crippen LogP contribution in [0.25, 0.3) is 0 Å². The first kappa shape index (κ1) is 13.1. The molecule has 1 amide bonds. The molecule has 1 unspecified atom stereocenters. The lowest BCUT2D eigenvalue weighted by Crippen LogP contribution is -2.44. The predicted molar refractivity (Wildman–Crippen MR) is 71.0 cm³/mol. The van der Waals surface area contributed by atoms with E-state index in [0.29, 0.717) is 35.6 Å². The van der Waals surface area contributed by atoms with Crippen LogP contribution in [0.4, 0.5) is 5.69 Å². The molecule has 5 nitrogen and oxygen atoms in total. The highest BCUT2D eigenvalue weighted by Gasteiger charge is 2.33. The molecule has 100 valence electrons. The Labute approximate surface area is 111 Å². The fourth-order valence-corrected chi connectivity index (χ4v) is 2.03. The van der Waals surface area contributed by atoms with Gasteiger partial charge in [-0.3, -0.25) is 9.59 Å². The number of benzene rings is 1. The second-order valence-corrected chi connectivity index (χ2v) is 4.19. The Balaban J connectivity index is 2.62. The molecule has 1 aromatic carbocycles. The molecule has 0 spiro atoms. The van der Waals surface area contributed by atoms with E-state index in [-0.39, 0.29) is 5.91 Å². The fraction of sp³-hybridized carbons (Fsp3) is 0.286. The van der Waals surface area contributed by atoms with E-state index in [1.54, 1.807) is 25.1 Å². The molecule has 0 bridgehead atoms. The highest BCUT2D eigenvalue weighted by molar-refractivity contribution is 6.01. The number of hydrogen-bond donors (Lipinski definition) is 0. The van der Waals surface area contributed by atoms with Crippen LogP contribution in [-0.2, 0) is 4.79 Å². The Hall–Kier alpha value is -2.30. The molecule has 1 heterocycles. The van der Waals surface area contributed by atoms with Crippen molar-refractivity contribution >= 4 is 17.9 Å². The van der Waals surface area contributed by atoms with E-state index in [2.05, 4.69) is 6.58 Å². The molecule has 1 atom stereocenters. The number of fused-ring (bicyclic) bond motifs is 1. The third kappa shape index (κ3) is 2.19. The van der Waals surface area contributed by atoms with Crippen molar-refractivity contribution in [2.24, 2.45) is 0 Å². The summed E-state index contributed by atoms with van der Waals surface area (Å²) >= 11 is 0. The average Bonchev–Trinajstić information content (AvgIpc) is 2.43. The summed E-state index contributed by atoms with van der Waals surface area (Å²) in [4.78, 5) is 24.6. The molecule has 2 rings (SSSR count). The van der Waals surface area contributed by atoms with Gasteiger partial charge < -0.3 is 14.4 Å². The normalized spacial score (nSPS) is 17.5. The number of aldehydes is 1. The Kier molecular flexibility index (Phi) is 3.55. The van der Waals surface area contributed by atoms with Gasteiger partial charge in [-0.15, -0.1) is 6.58 Å². The second kappa shape index (κ2) is 5.14. The summed E-state index contributed by atoms with van der Waals surface area (Å²) in [6.45, 7) is 5.66. The van der Waals surface area contributed by atoms with Gasteiger partial charge in [-0.1, -0.05) is 6.08 Å². The number of carbonyl (C=O) groups excluding carboxylic acids is 2. The third-order valence-corrected chi connectivity index (χ3v) is 2.92. The molecule has 0 aromatic heterocycles. The van der Waals surface area contributed by atoms with Gasteiger partial charge in [0.2, 0.25) is 0 Å². The lowest BCUT2D eigenvalue weighted by atomic mass is 10.1. The van der Waals surface area contributed by atoms with Gasteiger partial charge in [-0.2, -0.15) is 0 Å². The van der Waals surface area contributed by atoms with Crippen molar-refractivity contribution in [2.45, 2.75) is 13.0 Å². The minimum Gasteiger partial charge on any atom is -0.493 e. The zero-order chi connectivity index (χ0) is 14.0. The van der Waals surface area contributed by atoms with Crippen molar-refractivity contribution in [3.05, 3.63) is 30.4 Å². The number of nitrogens with zero attached hydrogens (tertiary/aromatic N) is 1. The van der Waals surface area contributed by atoms with Gasteiger partial charge in [0.15, 0.2) is 17.6 Å². The average molecular weight is 261 g/mol. The van der Waals surface area contributed by atoms with Crippen LogP contribution in [0.5, 0.6) is 11.5 Å². The molecule has 1 aliphatic heterocycles. The number of ether oxygens (including phenoxy) is 2. The van der Waals surface area contributed by atoms with Crippen LogP contribution >= 0.6 is 0 Å². The fourth-order valence-electron chi connectivity index (χ4n) is 2.03. The minimum absolute atomic E-state index is 0.169. The number of carbonyl (C=O) groups is 2. The van der Waals surface area contributed by atoms with Gasteiger partial charge in [0.25, 0.3) is 5.91 Å². The predicted octanol–water partition coefficient (Wildman–Crippen LogP) is 1.81. The van der Waals surface area contributed by atoms with Gasteiger partial charge in [0.1, 0.15) is 6.29 Å². The third-order valence-electron chi connectivity index (χ3n) is 2.92. The molecular weight excluding hydrogens is 246 g/mol. The molecule has 0 saturated carbocycles. The standard InChI is InChI=1S/C14H15NO4/c1-4-5-15-11-6-10(8-16)7-12(18-3)13(11)19-9(2)14(15)17/h4,6-9H,1,5H2,2-3H3. The largest absolute Gasteiger partial charge is 0.493 e. The summed E-state index contributed by atoms with van der Waals surface area (Å²) in [6, 6.07) is 3.19. The van der Waals surface area contributed by atoms with Crippen molar-refractivity contribution in [1.82, 2.24) is 0 Å². The molecule has 0 saturated heterocycles. The molecule has 0 aliphatic carbocycles. The first-order chi connectivity index (χ1) is 9.12. The van der Waals surface area contributed by atoms with Crippen LogP contribution < -0.4 is 14.4 Å². The van der Waals surface area contributed by atoms with Gasteiger partial charge in [0.05, 0.1) is 12.8 Å². The van der Waals surface area contributed by atoms with Crippen LogP contribution in [0, 0.1) is 0 Å². The number of anilines is 1. The van der Waals surface area contributed by atoms with E-state index in [1.165, 1.54) is 12.0 Å². The van der Waals surface area contributed by atoms with E-state index in [0.717, 1.165) is 0 Å². The van der Waals surface area contributed by atoms with E-state index in [9.17, 15) is 9.59 Å².